The maximum Gasteiger partial charge on any atom is 0.248 e. The molecular weight excluding hydrogens is 424 g/mol. The van der Waals surface area contributed by atoms with E-state index in [0.29, 0.717) is 16.9 Å². The molecular formula is C27H23F2NO3. The van der Waals surface area contributed by atoms with Gasteiger partial charge in [0.2, 0.25) is 5.91 Å². The second-order valence-corrected chi connectivity index (χ2v) is 7.92. The number of ether oxygens (including phenoxy) is 1. The molecule has 0 unspecified atom stereocenters. The summed E-state index contributed by atoms with van der Waals surface area (Å²) >= 11 is 0. The molecule has 0 spiro atoms. The highest BCUT2D eigenvalue weighted by atomic mass is 19.2. The lowest BCUT2D eigenvalue weighted by atomic mass is 9.96. The first-order valence-electron chi connectivity index (χ1n) is 10.4. The minimum absolute atomic E-state index is 0.165. The van der Waals surface area contributed by atoms with Crippen LogP contribution < -0.4 is 10.1 Å². The van der Waals surface area contributed by atoms with E-state index < -0.39 is 17.5 Å². The highest BCUT2D eigenvalue weighted by Crippen LogP contribution is 2.40. The monoisotopic (exact) mass is 447 g/mol. The van der Waals surface area contributed by atoms with Crippen LogP contribution in [0.2, 0.25) is 0 Å². The second kappa shape index (κ2) is 8.90. The van der Waals surface area contributed by atoms with Crippen LogP contribution in [0.5, 0.6) is 5.75 Å². The number of rotatable bonds is 5. The number of fused-ring (bicyclic) bond motifs is 1. The molecule has 4 aromatic rings. The Morgan fingerprint density at radius 2 is 1.76 bits per heavy atom. The first-order chi connectivity index (χ1) is 15.8. The summed E-state index contributed by atoms with van der Waals surface area (Å²) in [6.45, 7) is 5.73. The van der Waals surface area contributed by atoms with Crippen LogP contribution in [0.1, 0.15) is 23.6 Å². The van der Waals surface area contributed by atoms with Crippen molar-refractivity contribution >= 4 is 28.1 Å². The van der Waals surface area contributed by atoms with E-state index in [2.05, 4.69) is 5.32 Å². The van der Waals surface area contributed by atoms with E-state index in [1.54, 1.807) is 20.3 Å². The molecule has 1 heterocycles. The Kier molecular flexibility index (Phi) is 6.01. The van der Waals surface area contributed by atoms with Crippen LogP contribution >= 0.6 is 0 Å². The number of halogens is 2. The van der Waals surface area contributed by atoms with E-state index in [0.717, 1.165) is 45.3 Å². The van der Waals surface area contributed by atoms with Crippen LogP contribution in [0.3, 0.4) is 0 Å². The minimum Gasteiger partial charge on any atom is -0.496 e. The van der Waals surface area contributed by atoms with Gasteiger partial charge in [-0.1, -0.05) is 29.8 Å². The maximum absolute atomic E-state index is 13.5. The van der Waals surface area contributed by atoms with Crippen LogP contribution in [0.15, 0.2) is 65.3 Å². The molecule has 168 valence electrons. The van der Waals surface area contributed by atoms with Gasteiger partial charge < -0.3 is 14.5 Å². The molecule has 33 heavy (non-hydrogen) atoms. The van der Waals surface area contributed by atoms with Crippen molar-refractivity contribution in [2.45, 2.75) is 20.8 Å². The van der Waals surface area contributed by atoms with E-state index in [4.69, 9.17) is 9.15 Å². The Morgan fingerprint density at radius 1 is 1.03 bits per heavy atom. The quantitative estimate of drug-likeness (QED) is 0.334. The zero-order chi connectivity index (χ0) is 23.7. The minimum atomic E-state index is -1.03. The molecule has 0 aliphatic carbocycles. The summed E-state index contributed by atoms with van der Waals surface area (Å²) in [5.41, 5.74) is 6.20. The number of hydrogen-bond donors (Lipinski definition) is 1. The van der Waals surface area contributed by atoms with Crippen LogP contribution in [0.25, 0.3) is 27.7 Å². The number of carbonyl (C=O) groups is 1. The maximum atomic E-state index is 13.5. The van der Waals surface area contributed by atoms with Crippen molar-refractivity contribution in [1.82, 2.24) is 0 Å². The van der Waals surface area contributed by atoms with Crippen molar-refractivity contribution in [3.63, 3.8) is 0 Å². The molecule has 1 amide bonds. The van der Waals surface area contributed by atoms with E-state index >= 15 is 0 Å². The SMILES string of the molecule is COc1c(/C(C)=C/C(=O)Nc2ccc(F)c(F)c2)cc2c(-c3ccc(C)cc3)coc2c1C. The normalized spacial score (nSPS) is 11.6. The molecule has 0 saturated heterocycles. The van der Waals surface area contributed by atoms with Gasteiger partial charge in [0.15, 0.2) is 11.6 Å². The molecule has 1 aromatic heterocycles. The molecule has 4 nitrogen and oxygen atoms in total. The number of aryl methyl sites for hydroxylation is 2. The average Bonchev–Trinajstić information content (AvgIpc) is 3.21. The molecule has 0 radical (unpaired) electrons. The number of hydrogen-bond acceptors (Lipinski definition) is 3. The zero-order valence-corrected chi connectivity index (χ0v) is 18.8. The number of furan rings is 1. The van der Waals surface area contributed by atoms with Crippen LogP contribution in [-0.4, -0.2) is 13.0 Å². The predicted molar refractivity (Wildman–Crippen MR) is 126 cm³/mol. The lowest BCUT2D eigenvalue weighted by Gasteiger charge is -2.13. The van der Waals surface area contributed by atoms with Crippen LogP contribution in [0, 0.1) is 25.5 Å². The summed E-state index contributed by atoms with van der Waals surface area (Å²) in [4.78, 5) is 12.5. The van der Waals surface area contributed by atoms with Gasteiger partial charge in [-0.15, -0.1) is 0 Å². The standard InChI is InChI=1S/C27H23F2NO3/c1-15-5-7-18(8-6-15)22-14-33-27-17(3)26(32-4)20(13-21(22)27)16(2)11-25(31)30-19-9-10-23(28)24(29)12-19/h5-14H,1-4H3,(H,30,31)/b16-11+. The molecule has 0 atom stereocenters. The van der Waals surface area contributed by atoms with Crippen LogP contribution in [-0.2, 0) is 4.79 Å². The molecule has 6 heteroatoms. The third-order valence-corrected chi connectivity index (χ3v) is 5.57. The summed E-state index contributed by atoms with van der Waals surface area (Å²) in [6, 6.07) is 13.3. The summed E-state index contributed by atoms with van der Waals surface area (Å²) in [5, 5.41) is 3.46. The fourth-order valence-corrected chi connectivity index (χ4v) is 3.86. The third-order valence-electron chi connectivity index (χ3n) is 5.57. The Bertz CT molecular complexity index is 1390. The predicted octanol–water partition coefficient (Wildman–Crippen LogP) is 7.05. The lowest BCUT2D eigenvalue weighted by Crippen LogP contribution is -2.09. The van der Waals surface area contributed by atoms with Crippen molar-refractivity contribution in [2.75, 3.05) is 12.4 Å². The molecule has 0 bridgehead atoms. The Hall–Kier alpha value is -3.93. The van der Waals surface area contributed by atoms with E-state index in [9.17, 15) is 13.6 Å². The Morgan fingerprint density at radius 3 is 2.42 bits per heavy atom. The van der Waals surface area contributed by atoms with Gasteiger partial charge in [-0.25, -0.2) is 8.78 Å². The van der Waals surface area contributed by atoms with Crippen molar-refractivity contribution < 1.29 is 22.7 Å². The van der Waals surface area contributed by atoms with E-state index in [1.165, 1.54) is 12.1 Å². The average molecular weight is 447 g/mol. The zero-order valence-electron chi connectivity index (χ0n) is 18.8. The largest absolute Gasteiger partial charge is 0.496 e. The summed E-state index contributed by atoms with van der Waals surface area (Å²) in [7, 11) is 1.57. The highest BCUT2D eigenvalue weighted by molar-refractivity contribution is 6.06. The van der Waals surface area contributed by atoms with E-state index in [-0.39, 0.29) is 5.69 Å². The fraction of sp³-hybridized carbons (Fsp3) is 0.148. The molecule has 4 rings (SSSR count). The number of methoxy groups -OCH3 is 1. The van der Waals surface area contributed by atoms with Crippen LogP contribution in [0.4, 0.5) is 14.5 Å². The fourth-order valence-electron chi connectivity index (χ4n) is 3.86. The molecule has 3 aromatic carbocycles. The molecule has 1 N–H and O–H groups in total. The number of carbonyl (C=O) groups excluding carboxylic acids is 1. The van der Waals surface area contributed by atoms with Gasteiger partial charge in [0, 0.05) is 39.9 Å². The molecule has 0 aliphatic heterocycles. The first-order valence-corrected chi connectivity index (χ1v) is 10.4. The summed E-state index contributed by atoms with van der Waals surface area (Å²) in [5.74, 6) is -1.87. The second-order valence-electron chi connectivity index (χ2n) is 7.92. The first kappa shape index (κ1) is 22.3. The molecule has 0 fully saturated rings. The number of anilines is 1. The van der Waals surface area contributed by atoms with Gasteiger partial charge in [0.05, 0.1) is 13.4 Å². The van der Waals surface area contributed by atoms with Gasteiger partial charge in [-0.3, -0.25) is 4.79 Å². The smallest absolute Gasteiger partial charge is 0.248 e. The number of benzene rings is 3. The van der Waals surface area contributed by atoms with E-state index in [1.807, 2.05) is 44.2 Å². The van der Waals surface area contributed by atoms with Gasteiger partial charge in [-0.2, -0.15) is 0 Å². The Labute approximate surface area is 190 Å². The van der Waals surface area contributed by atoms with Gasteiger partial charge >= 0.3 is 0 Å². The number of amides is 1. The molecule has 0 aliphatic rings. The lowest BCUT2D eigenvalue weighted by molar-refractivity contribution is -0.111. The van der Waals surface area contributed by atoms with Gasteiger partial charge in [-0.05, 0) is 50.1 Å². The van der Waals surface area contributed by atoms with Crippen molar-refractivity contribution in [1.29, 1.82) is 0 Å². The summed E-state index contributed by atoms with van der Waals surface area (Å²) < 4.78 is 38.1. The topological polar surface area (TPSA) is 51.5 Å². The third kappa shape index (κ3) is 4.37. The summed E-state index contributed by atoms with van der Waals surface area (Å²) in [6.07, 6.45) is 3.12. The van der Waals surface area contributed by atoms with Crippen molar-refractivity contribution in [3.05, 3.63) is 89.2 Å². The number of nitrogens with one attached hydrogen (secondary N) is 1. The van der Waals surface area contributed by atoms with Gasteiger partial charge in [0.25, 0.3) is 0 Å². The highest BCUT2D eigenvalue weighted by Gasteiger charge is 2.19. The van der Waals surface area contributed by atoms with Crippen molar-refractivity contribution in [3.8, 4) is 16.9 Å². The number of allylic oxidation sites excluding steroid dienone is 1. The Balaban J connectivity index is 1.74. The van der Waals surface area contributed by atoms with Gasteiger partial charge in [0.1, 0.15) is 11.3 Å². The van der Waals surface area contributed by atoms with Crippen molar-refractivity contribution in [2.24, 2.45) is 0 Å². The molecule has 0 saturated carbocycles.